The van der Waals surface area contributed by atoms with Crippen molar-refractivity contribution in [2.75, 3.05) is 38.2 Å². The van der Waals surface area contributed by atoms with Gasteiger partial charge in [-0.15, -0.1) is 0 Å². The zero-order valence-corrected chi connectivity index (χ0v) is 19.5. The summed E-state index contributed by atoms with van der Waals surface area (Å²) in [6.45, 7) is 5.06. The number of carbonyl (C=O) groups is 1. The van der Waals surface area contributed by atoms with E-state index in [0.29, 0.717) is 22.2 Å². The lowest BCUT2D eigenvalue weighted by molar-refractivity contribution is -0.131. The summed E-state index contributed by atoms with van der Waals surface area (Å²) in [5, 5.41) is 10.4. The molecule has 154 valence electrons. The van der Waals surface area contributed by atoms with Gasteiger partial charge in [-0.3, -0.25) is 9.79 Å². The quantitative estimate of drug-likeness (QED) is 0.574. The number of amides is 1. The van der Waals surface area contributed by atoms with E-state index in [-0.39, 0.29) is 11.7 Å². The minimum atomic E-state index is 0.0300. The number of piperazine rings is 1. The Morgan fingerprint density at radius 2 is 1.86 bits per heavy atom. The van der Waals surface area contributed by atoms with E-state index in [2.05, 4.69) is 41.8 Å². The zero-order chi connectivity index (χ0) is 21.0. The maximum absolute atomic E-state index is 11.8. The number of hydrogen-bond acceptors (Lipinski definition) is 5. The van der Waals surface area contributed by atoms with Crippen LogP contribution < -0.4 is 9.64 Å². The molecular weight excluding hydrogens is 502 g/mol. The number of benzene rings is 2. The molecule has 1 aliphatic heterocycles. The maximum Gasteiger partial charge on any atom is 0.222 e. The Balaban J connectivity index is 1.71. The van der Waals surface area contributed by atoms with Crippen molar-refractivity contribution >= 4 is 55.4 Å². The fraction of sp³-hybridized carbons (Fsp3) is 0.333. The van der Waals surface area contributed by atoms with Gasteiger partial charge in [0, 0.05) is 53.4 Å². The molecule has 2 aromatic carbocycles. The van der Waals surface area contributed by atoms with Crippen LogP contribution in [0.2, 0.25) is 0 Å². The van der Waals surface area contributed by atoms with Crippen LogP contribution in [0.25, 0.3) is 0 Å². The molecular formula is C21H23Br2N3O3. The first kappa shape index (κ1) is 21.6. The van der Waals surface area contributed by atoms with E-state index in [9.17, 15) is 9.90 Å². The molecule has 1 fully saturated rings. The molecule has 3 rings (SSSR count). The highest BCUT2D eigenvalue weighted by molar-refractivity contribution is 9.13. The smallest absolute Gasteiger partial charge is 0.222 e. The first-order valence-electron chi connectivity index (χ1n) is 9.36. The fourth-order valence-corrected chi connectivity index (χ4v) is 4.04. The number of carbonyl (C=O) groups excluding carboxylic acids is 1. The van der Waals surface area contributed by atoms with Gasteiger partial charge in [0.2, 0.25) is 5.91 Å². The lowest BCUT2D eigenvalue weighted by Gasteiger charge is -2.36. The van der Waals surface area contributed by atoms with Crippen LogP contribution in [0, 0.1) is 0 Å². The highest BCUT2D eigenvalue weighted by Crippen LogP contribution is 2.39. The summed E-state index contributed by atoms with van der Waals surface area (Å²) >= 11 is 6.90. The van der Waals surface area contributed by atoms with E-state index < -0.39 is 0 Å². The van der Waals surface area contributed by atoms with Crippen LogP contribution in [0.5, 0.6) is 11.5 Å². The van der Waals surface area contributed by atoms with Crippen LogP contribution in [0.15, 0.2) is 44.3 Å². The Morgan fingerprint density at radius 3 is 2.45 bits per heavy atom. The van der Waals surface area contributed by atoms with Crippen LogP contribution in [0.4, 0.5) is 11.4 Å². The third-order valence-corrected chi connectivity index (χ3v) is 6.92. The molecule has 1 N–H and O–H groups in total. The standard InChI is InChI=1S/C21H23Br2N3O3/c1-3-19(27)26-10-8-25(9-11-26)15-6-4-14(5-7-15)24-13-16-20(23)17(22)12-18(29-2)21(16)28/h4-7,12-13,28H,3,8-11H2,1-2H3. The number of anilines is 1. The second kappa shape index (κ2) is 9.63. The van der Waals surface area contributed by atoms with Crippen molar-refractivity contribution in [2.24, 2.45) is 4.99 Å². The average Bonchev–Trinajstić information content (AvgIpc) is 2.76. The van der Waals surface area contributed by atoms with Crippen LogP contribution in [-0.4, -0.2) is 55.4 Å². The molecule has 0 unspecified atom stereocenters. The van der Waals surface area contributed by atoms with Crippen molar-refractivity contribution in [3.63, 3.8) is 0 Å². The topological polar surface area (TPSA) is 65.4 Å². The number of nitrogens with zero attached hydrogens (tertiary/aromatic N) is 3. The summed E-state index contributed by atoms with van der Waals surface area (Å²) in [6.07, 6.45) is 2.17. The molecule has 0 atom stereocenters. The number of aromatic hydroxyl groups is 1. The van der Waals surface area contributed by atoms with E-state index in [1.165, 1.54) is 7.11 Å². The van der Waals surface area contributed by atoms with Gasteiger partial charge in [0.1, 0.15) is 0 Å². The first-order chi connectivity index (χ1) is 13.9. The Morgan fingerprint density at radius 1 is 1.21 bits per heavy atom. The summed E-state index contributed by atoms with van der Waals surface area (Å²) in [7, 11) is 1.51. The number of phenolic OH excluding ortho intramolecular Hbond substituents is 1. The van der Waals surface area contributed by atoms with Crippen molar-refractivity contribution in [1.82, 2.24) is 4.90 Å². The van der Waals surface area contributed by atoms with Gasteiger partial charge in [-0.1, -0.05) is 6.92 Å². The predicted octanol–water partition coefficient (Wildman–Crippen LogP) is 4.74. The van der Waals surface area contributed by atoms with Gasteiger partial charge in [-0.25, -0.2) is 0 Å². The van der Waals surface area contributed by atoms with Gasteiger partial charge in [0.05, 0.1) is 18.4 Å². The minimum absolute atomic E-state index is 0.0300. The molecule has 2 aromatic rings. The number of halogens is 2. The number of rotatable bonds is 5. The molecule has 1 aliphatic rings. The summed E-state index contributed by atoms with van der Waals surface area (Å²) in [5.74, 6) is 0.618. The van der Waals surface area contributed by atoms with Gasteiger partial charge in [0.15, 0.2) is 11.5 Å². The van der Waals surface area contributed by atoms with Crippen LogP contribution in [-0.2, 0) is 4.79 Å². The van der Waals surface area contributed by atoms with E-state index in [4.69, 9.17) is 4.74 Å². The third kappa shape index (κ3) is 4.93. The maximum atomic E-state index is 11.8. The molecule has 0 saturated carbocycles. The lowest BCUT2D eigenvalue weighted by Crippen LogP contribution is -2.48. The zero-order valence-electron chi connectivity index (χ0n) is 16.4. The molecule has 6 nitrogen and oxygen atoms in total. The van der Waals surface area contributed by atoms with Crippen LogP contribution in [0.1, 0.15) is 18.9 Å². The highest BCUT2D eigenvalue weighted by Gasteiger charge is 2.20. The van der Waals surface area contributed by atoms with Gasteiger partial charge in [-0.05, 0) is 62.2 Å². The Kier molecular flexibility index (Phi) is 7.18. The monoisotopic (exact) mass is 523 g/mol. The Bertz CT molecular complexity index is 908. The number of hydrogen-bond donors (Lipinski definition) is 1. The van der Waals surface area contributed by atoms with E-state index in [1.54, 1.807) is 12.3 Å². The second-order valence-corrected chi connectivity index (χ2v) is 8.28. The largest absolute Gasteiger partial charge is 0.504 e. The number of phenols is 1. The molecule has 0 radical (unpaired) electrons. The molecule has 0 aliphatic carbocycles. The van der Waals surface area contributed by atoms with Gasteiger partial charge >= 0.3 is 0 Å². The Hall–Kier alpha value is -2.06. The van der Waals surface area contributed by atoms with Crippen LogP contribution >= 0.6 is 31.9 Å². The summed E-state index contributed by atoms with van der Waals surface area (Å²) in [5.41, 5.74) is 2.43. The van der Waals surface area contributed by atoms with E-state index in [1.807, 2.05) is 36.1 Å². The minimum Gasteiger partial charge on any atom is -0.504 e. The summed E-state index contributed by atoms with van der Waals surface area (Å²) in [6, 6.07) is 9.63. The van der Waals surface area contributed by atoms with Crippen LogP contribution in [0.3, 0.4) is 0 Å². The molecule has 1 saturated heterocycles. The second-order valence-electron chi connectivity index (χ2n) is 6.63. The van der Waals surface area contributed by atoms with Crippen molar-refractivity contribution in [2.45, 2.75) is 13.3 Å². The fourth-order valence-electron chi connectivity index (χ4n) is 3.21. The summed E-state index contributed by atoms with van der Waals surface area (Å²) in [4.78, 5) is 20.5. The molecule has 0 spiro atoms. The average molecular weight is 525 g/mol. The predicted molar refractivity (Wildman–Crippen MR) is 123 cm³/mol. The molecule has 1 heterocycles. The lowest BCUT2D eigenvalue weighted by atomic mass is 10.2. The summed E-state index contributed by atoms with van der Waals surface area (Å²) < 4.78 is 6.67. The number of aliphatic imine (C=N–C) groups is 1. The van der Waals surface area contributed by atoms with Crippen molar-refractivity contribution in [3.05, 3.63) is 44.8 Å². The molecule has 29 heavy (non-hydrogen) atoms. The van der Waals surface area contributed by atoms with Gasteiger partial charge < -0.3 is 19.6 Å². The van der Waals surface area contributed by atoms with E-state index in [0.717, 1.165) is 42.0 Å². The molecule has 8 heteroatoms. The van der Waals surface area contributed by atoms with E-state index >= 15 is 0 Å². The SMILES string of the molecule is CCC(=O)N1CCN(c2ccc(N=Cc3c(O)c(OC)cc(Br)c3Br)cc2)CC1. The van der Waals surface area contributed by atoms with Crippen molar-refractivity contribution in [3.8, 4) is 11.5 Å². The number of methoxy groups -OCH3 is 1. The molecule has 0 aromatic heterocycles. The normalized spacial score (nSPS) is 14.5. The molecule has 1 amide bonds. The van der Waals surface area contributed by atoms with Gasteiger partial charge in [-0.2, -0.15) is 0 Å². The first-order valence-corrected chi connectivity index (χ1v) is 10.9. The molecule has 0 bridgehead atoms. The Labute approximate surface area is 187 Å². The van der Waals surface area contributed by atoms with Crippen molar-refractivity contribution < 1.29 is 14.6 Å². The van der Waals surface area contributed by atoms with Crippen molar-refractivity contribution in [1.29, 1.82) is 0 Å². The number of ether oxygens (including phenoxy) is 1. The van der Waals surface area contributed by atoms with Gasteiger partial charge in [0.25, 0.3) is 0 Å². The third-order valence-electron chi connectivity index (χ3n) is 4.90. The highest BCUT2D eigenvalue weighted by atomic mass is 79.9.